The zero-order valence-corrected chi connectivity index (χ0v) is 41.0. The van der Waals surface area contributed by atoms with Gasteiger partial charge in [0, 0.05) is 43.4 Å². The zero-order valence-electron chi connectivity index (χ0n) is 38.6. The number of benzene rings is 2. The van der Waals surface area contributed by atoms with Gasteiger partial charge in [-0.05, 0) is 72.5 Å². The number of aliphatic hydroxyl groups excluding tert-OH is 1. The molecule has 0 aliphatic carbocycles. The van der Waals surface area contributed by atoms with E-state index < -0.39 is 36.1 Å². The summed E-state index contributed by atoms with van der Waals surface area (Å²) in [5.74, 6) is -2.98. The number of aliphatic hydroxyl groups is 1. The van der Waals surface area contributed by atoms with Crippen molar-refractivity contribution in [1.82, 2.24) is 39.9 Å². The van der Waals surface area contributed by atoms with E-state index in [4.69, 9.17) is 9.26 Å². The summed E-state index contributed by atoms with van der Waals surface area (Å²) in [5, 5.41) is 21.1. The SMILES string of the molecule is Cc1cc([C@H](C(=O)N2C[C@H](Oc3cc([C@H](C(=O)N4C[C@H](O)C[C@H]4C(=O)NCc4ccc(-c5scnc5C)cc4)C(C)C)no3)C[C@H]2C(=O)NCc2ccc(-c3scnc3C)cc2)C(C)C)ns1. The van der Waals surface area contributed by atoms with Crippen LogP contribution in [0.2, 0.25) is 0 Å². The molecule has 67 heavy (non-hydrogen) atoms. The standard InChI is InChI=1S/C49H56N8O7S3/c1-26(2)42(48(61)56-22-35(58)17-39(56)46(59)50-20-31-8-12-33(13-9-31)44-29(6)52-24-65-44)37-19-41(64-54-37)63-36-18-40(57(23-36)49(62)43(27(3)4)38-16-28(5)67-55-38)47(60)51-21-32-10-14-34(15-11-32)45-30(7)53-25-66-45/h8-16,19,24-27,35-36,39-40,42-43,58H,17-18,20-23H2,1-7H3,(H,50,59)(H,51,60)/t35-,36-,39+,40+,42-,43-/m1/s1. The lowest BCUT2D eigenvalue weighted by Gasteiger charge is -2.29. The van der Waals surface area contributed by atoms with Gasteiger partial charge in [-0.25, -0.2) is 9.97 Å². The predicted molar refractivity (Wildman–Crippen MR) is 257 cm³/mol. The third-order valence-electron chi connectivity index (χ3n) is 12.5. The molecule has 6 atom stereocenters. The van der Waals surface area contributed by atoms with E-state index in [0.29, 0.717) is 11.4 Å². The van der Waals surface area contributed by atoms with Crippen molar-refractivity contribution in [3.8, 4) is 26.8 Å². The molecule has 4 amide bonds. The molecule has 4 aromatic heterocycles. The number of amides is 4. The zero-order chi connectivity index (χ0) is 47.5. The van der Waals surface area contributed by atoms with Gasteiger partial charge in [-0.2, -0.15) is 4.37 Å². The van der Waals surface area contributed by atoms with Crippen molar-refractivity contribution in [2.24, 2.45) is 11.8 Å². The molecule has 0 saturated carbocycles. The summed E-state index contributed by atoms with van der Waals surface area (Å²) < 4.78 is 16.6. The molecule has 6 aromatic rings. The first-order valence-electron chi connectivity index (χ1n) is 22.5. The third-order valence-corrected chi connectivity index (χ3v) is 15.2. The predicted octanol–water partition coefficient (Wildman–Crippen LogP) is 7.43. The van der Waals surface area contributed by atoms with Crippen LogP contribution < -0.4 is 15.4 Å². The highest BCUT2D eigenvalue weighted by molar-refractivity contribution is 7.13. The first-order chi connectivity index (χ1) is 32.1. The van der Waals surface area contributed by atoms with E-state index in [2.05, 4.69) is 30.1 Å². The van der Waals surface area contributed by atoms with Crippen LogP contribution in [-0.4, -0.2) is 95.4 Å². The maximum Gasteiger partial charge on any atom is 0.311 e. The summed E-state index contributed by atoms with van der Waals surface area (Å²) in [6.45, 7) is 14.2. The fraction of sp³-hybridized carbons (Fsp3) is 0.429. The molecule has 0 unspecified atom stereocenters. The van der Waals surface area contributed by atoms with Crippen molar-refractivity contribution < 1.29 is 33.5 Å². The monoisotopic (exact) mass is 964 g/mol. The first-order valence-corrected chi connectivity index (χ1v) is 25.1. The molecule has 0 radical (unpaired) electrons. The molecular weight excluding hydrogens is 909 g/mol. The largest absolute Gasteiger partial charge is 0.458 e. The van der Waals surface area contributed by atoms with Gasteiger partial charge < -0.3 is 34.8 Å². The van der Waals surface area contributed by atoms with Crippen LogP contribution in [0.1, 0.15) is 91.2 Å². The van der Waals surface area contributed by atoms with E-state index >= 15 is 0 Å². The van der Waals surface area contributed by atoms with Crippen molar-refractivity contribution in [2.75, 3.05) is 13.1 Å². The number of nitrogens with zero attached hydrogens (tertiary/aromatic N) is 6. The van der Waals surface area contributed by atoms with Crippen LogP contribution in [0, 0.1) is 32.6 Å². The molecule has 2 aliphatic rings. The van der Waals surface area contributed by atoms with Crippen LogP contribution in [0.3, 0.4) is 0 Å². The summed E-state index contributed by atoms with van der Waals surface area (Å²) in [4.78, 5) is 71.6. The molecule has 2 aliphatic heterocycles. The molecule has 2 fully saturated rings. The van der Waals surface area contributed by atoms with E-state index in [-0.39, 0.29) is 80.4 Å². The lowest BCUT2D eigenvalue weighted by Crippen LogP contribution is -2.48. The summed E-state index contributed by atoms with van der Waals surface area (Å²) >= 11 is 4.49. The van der Waals surface area contributed by atoms with Crippen LogP contribution in [-0.2, 0) is 32.3 Å². The number of nitrogens with one attached hydrogen (secondary N) is 2. The summed E-state index contributed by atoms with van der Waals surface area (Å²) in [5.41, 5.74) is 10.4. The number of β-amino-alcohol motifs (C(OH)–C–C–N with tert-alkyl or cyclic N) is 1. The Morgan fingerprint density at radius 3 is 1.72 bits per heavy atom. The Balaban J connectivity index is 0.944. The van der Waals surface area contributed by atoms with E-state index in [0.717, 1.165) is 48.3 Å². The average molecular weight is 965 g/mol. The number of carbonyl (C=O) groups is 4. The second-order valence-corrected chi connectivity index (χ2v) is 20.8. The molecule has 6 heterocycles. The number of aryl methyl sites for hydroxylation is 3. The Morgan fingerprint density at radius 2 is 1.24 bits per heavy atom. The van der Waals surface area contributed by atoms with E-state index in [1.807, 2.05) is 114 Å². The number of thiazole rings is 2. The van der Waals surface area contributed by atoms with Crippen molar-refractivity contribution in [1.29, 1.82) is 0 Å². The quantitative estimate of drug-likeness (QED) is 0.0874. The Bertz CT molecular complexity index is 2690. The van der Waals surface area contributed by atoms with Gasteiger partial charge in [0.05, 0.1) is 62.3 Å². The number of ether oxygens (including phenoxy) is 1. The Kier molecular flexibility index (Phi) is 14.6. The molecular formula is C49H56N8O7S3. The number of likely N-dealkylation sites (tertiary alicyclic amines) is 2. The van der Waals surface area contributed by atoms with E-state index in [1.54, 1.807) is 33.6 Å². The van der Waals surface area contributed by atoms with Gasteiger partial charge in [-0.3, -0.25) is 19.2 Å². The number of hydrogen-bond donors (Lipinski definition) is 3. The van der Waals surface area contributed by atoms with Crippen LogP contribution >= 0.6 is 34.2 Å². The molecule has 18 heteroatoms. The highest BCUT2D eigenvalue weighted by Gasteiger charge is 2.46. The average Bonchev–Trinajstić information content (AvgIpc) is 4.18. The lowest BCUT2D eigenvalue weighted by atomic mass is 9.90. The van der Waals surface area contributed by atoms with Crippen molar-refractivity contribution >= 4 is 57.8 Å². The van der Waals surface area contributed by atoms with Gasteiger partial charge >= 0.3 is 5.95 Å². The molecule has 8 rings (SSSR count). The molecule has 15 nitrogen and oxygen atoms in total. The fourth-order valence-electron chi connectivity index (χ4n) is 9.03. The topological polar surface area (TPSA) is 193 Å². The Labute approximate surface area is 402 Å². The minimum atomic E-state index is -0.883. The van der Waals surface area contributed by atoms with Gasteiger partial charge in [0.15, 0.2) is 0 Å². The summed E-state index contributed by atoms with van der Waals surface area (Å²) in [6.07, 6.45) is -1.24. The minimum absolute atomic E-state index is 0.00462. The lowest BCUT2D eigenvalue weighted by molar-refractivity contribution is -0.140. The second-order valence-electron chi connectivity index (χ2n) is 18.1. The highest BCUT2D eigenvalue weighted by atomic mass is 32.1. The second kappa shape index (κ2) is 20.6. The third kappa shape index (κ3) is 10.7. The Morgan fingerprint density at radius 1 is 0.731 bits per heavy atom. The van der Waals surface area contributed by atoms with Gasteiger partial charge in [-0.1, -0.05) is 81.4 Å². The molecule has 0 bridgehead atoms. The van der Waals surface area contributed by atoms with Crippen LogP contribution in [0.5, 0.6) is 5.95 Å². The maximum absolute atomic E-state index is 14.5. The van der Waals surface area contributed by atoms with Crippen molar-refractivity contribution in [3.05, 3.63) is 110 Å². The van der Waals surface area contributed by atoms with E-state index in [1.165, 1.54) is 16.4 Å². The van der Waals surface area contributed by atoms with Gasteiger partial charge in [0.2, 0.25) is 23.6 Å². The van der Waals surface area contributed by atoms with Crippen molar-refractivity contribution in [3.63, 3.8) is 0 Å². The maximum atomic E-state index is 14.5. The molecule has 2 saturated heterocycles. The fourth-order valence-corrected chi connectivity index (χ4v) is 11.2. The van der Waals surface area contributed by atoms with Crippen molar-refractivity contribution in [2.45, 2.75) is 111 Å². The smallest absolute Gasteiger partial charge is 0.311 e. The van der Waals surface area contributed by atoms with E-state index in [9.17, 15) is 24.3 Å². The first kappa shape index (κ1) is 47.7. The van der Waals surface area contributed by atoms with Crippen LogP contribution in [0.25, 0.3) is 20.9 Å². The van der Waals surface area contributed by atoms with Gasteiger partial charge in [0.1, 0.15) is 23.9 Å². The van der Waals surface area contributed by atoms with Gasteiger partial charge in [-0.15, -0.1) is 22.7 Å². The van der Waals surface area contributed by atoms with Crippen LogP contribution in [0.4, 0.5) is 0 Å². The molecule has 3 N–H and O–H groups in total. The summed E-state index contributed by atoms with van der Waals surface area (Å²) in [6, 6.07) is 17.6. The normalized spacial score (nSPS) is 19.3. The molecule has 2 aromatic carbocycles. The number of aromatic nitrogens is 4. The molecule has 0 spiro atoms. The molecule has 352 valence electrons. The summed E-state index contributed by atoms with van der Waals surface area (Å²) in [7, 11) is 0. The van der Waals surface area contributed by atoms with Crippen LogP contribution in [0.15, 0.2) is 76.2 Å². The number of hydrogen-bond acceptors (Lipinski definition) is 14. The highest BCUT2D eigenvalue weighted by Crippen LogP contribution is 2.36. The Hall–Kier alpha value is -5.82. The number of rotatable bonds is 16. The minimum Gasteiger partial charge on any atom is -0.458 e. The number of carbonyl (C=O) groups excluding carboxylic acids is 4. The van der Waals surface area contributed by atoms with Gasteiger partial charge in [0.25, 0.3) is 0 Å².